The largest absolute Gasteiger partial charge is 0.460 e. The molecule has 0 aliphatic carbocycles. The summed E-state index contributed by atoms with van der Waals surface area (Å²) >= 11 is 0. The molecular formula is C26H48N2O9. The summed E-state index contributed by atoms with van der Waals surface area (Å²) < 4.78 is 20.3. The molecule has 216 valence electrons. The molecule has 0 heterocycles. The molecular weight excluding hydrogens is 484 g/mol. The van der Waals surface area contributed by atoms with Crippen LogP contribution >= 0.6 is 0 Å². The fraction of sp³-hybridized carbons (Fsp3) is 0.808. The summed E-state index contributed by atoms with van der Waals surface area (Å²) in [6.45, 7) is 20.9. The number of nitrogens with one attached hydrogen (secondary N) is 1. The molecule has 0 saturated heterocycles. The summed E-state index contributed by atoms with van der Waals surface area (Å²) in [5, 5.41) is 2.61. The molecule has 1 amide bonds. The minimum Gasteiger partial charge on any atom is -0.460 e. The lowest BCUT2D eigenvalue weighted by Crippen LogP contribution is -2.46. The lowest BCUT2D eigenvalue weighted by atomic mass is 10.1. The van der Waals surface area contributed by atoms with Gasteiger partial charge in [0.25, 0.3) is 0 Å². The maximum Gasteiger partial charge on any atom is 0.320 e. The van der Waals surface area contributed by atoms with Gasteiger partial charge >= 0.3 is 23.9 Å². The zero-order valence-corrected chi connectivity index (χ0v) is 24.7. The van der Waals surface area contributed by atoms with Crippen LogP contribution in [0.15, 0.2) is 0 Å². The van der Waals surface area contributed by atoms with E-state index < -0.39 is 46.3 Å². The van der Waals surface area contributed by atoms with E-state index in [2.05, 4.69) is 5.32 Å². The van der Waals surface area contributed by atoms with E-state index in [0.717, 1.165) is 0 Å². The van der Waals surface area contributed by atoms with Crippen molar-refractivity contribution < 1.29 is 42.9 Å². The first kappa shape index (κ1) is 36.5. The van der Waals surface area contributed by atoms with E-state index in [-0.39, 0.29) is 37.7 Å². The average molecular weight is 533 g/mol. The van der Waals surface area contributed by atoms with Gasteiger partial charge in [0.15, 0.2) is 0 Å². The molecule has 0 spiro atoms. The van der Waals surface area contributed by atoms with Crippen LogP contribution in [0.2, 0.25) is 0 Å². The van der Waals surface area contributed by atoms with Crippen LogP contribution in [0.25, 0.3) is 0 Å². The minimum absolute atomic E-state index is 0.0617. The van der Waals surface area contributed by atoms with Gasteiger partial charge in [-0.05, 0) is 83.1 Å². The second kappa shape index (κ2) is 14.9. The average Bonchev–Trinajstić information content (AvgIpc) is 2.58. The summed E-state index contributed by atoms with van der Waals surface area (Å²) in [5.74, 6) is -2.58. The number of carbonyl (C=O) groups excluding carboxylic acids is 5. The van der Waals surface area contributed by atoms with Gasteiger partial charge in [-0.2, -0.15) is 0 Å². The molecule has 0 rings (SSSR count). The van der Waals surface area contributed by atoms with Crippen LogP contribution < -0.4 is 11.1 Å². The molecule has 0 aromatic carbocycles. The SMILES string of the molecule is CC(C)(C)OC(=O)CCC(=O)OC(C)(C)C.CC(C)(C)OC(=O)CNC(CC(=O)OC(C)(C)C)C(N)=O. The fourth-order valence-electron chi connectivity index (χ4n) is 2.40. The third kappa shape index (κ3) is 26.2. The molecule has 0 saturated carbocycles. The maximum absolute atomic E-state index is 11.7. The van der Waals surface area contributed by atoms with Crippen LogP contribution in [0.3, 0.4) is 0 Å². The Hall–Kier alpha value is -2.69. The van der Waals surface area contributed by atoms with E-state index >= 15 is 0 Å². The highest BCUT2D eigenvalue weighted by molar-refractivity contribution is 5.86. The number of amides is 1. The van der Waals surface area contributed by atoms with Gasteiger partial charge < -0.3 is 24.7 Å². The van der Waals surface area contributed by atoms with Crippen molar-refractivity contribution in [3.05, 3.63) is 0 Å². The minimum atomic E-state index is -0.979. The maximum atomic E-state index is 11.7. The predicted octanol–water partition coefficient (Wildman–Crippen LogP) is 2.95. The number of rotatable bonds is 9. The molecule has 0 aliphatic heterocycles. The quantitative estimate of drug-likeness (QED) is 0.334. The zero-order chi connectivity index (χ0) is 29.8. The van der Waals surface area contributed by atoms with Crippen molar-refractivity contribution in [2.24, 2.45) is 5.73 Å². The molecule has 11 heteroatoms. The highest BCUT2D eigenvalue weighted by Gasteiger charge is 2.25. The number of primary amides is 1. The summed E-state index contributed by atoms with van der Waals surface area (Å²) in [6, 6.07) is -0.979. The topological polar surface area (TPSA) is 160 Å². The Morgan fingerprint density at radius 3 is 1.16 bits per heavy atom. The van der Waals surface area contributed by atoms with Gasteiger partial charge in [0.1, 0.15) is 22.4 Å². The Labute approximate surface area is 221 Å². The van der Waals surface area contributed by atoms with Crippen molar-refractivity contribution in [3.63, 3.8) is 0 Å². The van der Waals surface area contributed by atoms with Crippen LogP contribution in [0, 0.1) is 0 Å². The Morgan fingerprint density at radius 2 is 0.865 bits per heavy atom. The van der Waals surface area contributed by atoms with Crippen LogP contribution in [0.5, 0.6) is 0 Å². The Kier molecular flexibility index (Phi) is 14.7. The number of esters is 4. The van der Waals surface area contributed by atoms with E-state index in [9.17, 15) is 24.0 Å². The summed E-state index contributed by atoms with van der Waals surface area (Å²) in [5.41, 5.74) is 2.92. The number of ether oxygens (including phenoxy) is 4. The second-order valence-electron chi connectivity index (χ2n) is 12.4. The first-order chi connectivity index (χ1) is 16.3. The molecule has 0 fully saturated rings. The molecule has 0 aliphatic rings. The number of carbonyl (C=O) groups is 5. The highest BCUT2D eigenvalue weighted by Crippen LogP contribution is 2.12. The van der Waals surface area contributed by atoms with E-state index in [1.54, 1.807) is 83.1 Å². The second-order valence-corrected chi connectivity index (χ2v) is 12.4. The normalized spacial score (nSPS) is 12.9. The third-order valence-electron chi connectivity index (χ3n) is 3.42. The Morgan fingerprint density at radius 1 is 0.568 bits per heavy atom. The number of hydrogen-bond donors (Lipinski definition) is 2. The van der Waals surface area contributed by atoms with Crippen molar-refractivity contribution in [3.8, 4) is 0 Å². The molecule has 0 radical (unpaired) electrons. The predicted molar refractivity (Wildman–Crippen MR) is 138 cm³/mol. The van der Waals surface area contributed by atoms with Crippen LogP contribution in [-0.2, 0) is 42.9 Å². The van der Waals surface area contributed by atoms with Crippen molar-refractivity contribution >= 4 is 29.8 Å². The van der Waals surface area contributed by atoms with Gasteiger partial charge in [-0.1, -0.05) is 0 Å². The molecule has 3 N–H and O–H groups in total. The van der Waals surface area contributed by atoms with Gasteiger partial charge in [0, 0.05) is 0 Å². The first-order valence-corrected chi connectivity index (χ1v) is 12.2. The van der Waals surface area contributed by atoms with E-state index in [0.29, 0.717) is 0 Å². The summed E-state index contributed by atoms with van der Waals surface area (Å²) in [7, 11) is 0. The Bertz CT molecular complexity index is 752. The fourth-order valence-corrected chi connectivity index (χ4v) is 2.40. The smallest absolute Gasteiger partial charge is 0.320 e. The Balaban J connectivity index is 0. The molecule has 0 aromatic heterocycles. The van der Waals surface area contributed by atoms with Gasteiger partial charge in [0.2, 0.25) is 5.91 Å². The molecule has 1 unspecified atom stereocenters. The highest BCUT2D eigenvalue weighted by atomic mass is 16.6. The molecule has 37 heavy (non-hydrogen) atoms. The van der Waals surface area contributed by atoms with Crippen molar-refractivity contribution in [2.45, 2.75) is 131 Å². The number of nitrogens with two attached hydrogens (primary N) is 1. The molecule has 11 nitrogen and oxygen atoms in total. The van der Waals surface area contributed by atoms with E-state index in [1.165, 1.54) is 0 Å². The van der Waals surface area contributed by atoms with Gasteiger partial charge in [-0.3, -0.25) is 29.3 Å². The molecule has 1 atom stereocenters. The standard InChI is InChI=1S/C14H26N2O5.C12H22O4/c1-13(2,3)20-10(17)7-9(12(15)19)16-8-11(18)21-14(4,5)6;1-11(2,3)15-9(13)7-8-10(14)16-12(4,5)6/h9,16H,7-8H2,1-6H3,(H2,15,19);7-8H2,1-6H3. The molecule has 0 bridgehead atoms. The zero-order valence-electron chi connectivity index (χ0n) is 24.7. The molecule has 0 aromatic rings. The third-order valence-corrected chi connectivity index (χ3v) is 3.42. The van der Waals surface area contributed by atoms with Crippen molar-refractivity contribution in [1.29, 1.82) is 0 Å². The van der Waals surface area contributed by atoms with Gasteiger partial charge in [-0.25, -0.2) is 0 Å². The van der Waals surface area contributed by atoms with Gasteiger partial charge in [-0.15, -0.1) is 0 Å². The van der Waals surface area contributed by atoms with Crippen LogP contribution in [-0.4, -0.2) is 64.8 Å². The van der Waals surface area contributed by atoms with Crippen LogP contribution in [0.4, 0.5) is 0 Å². The lowest BCUT2D eigenvalue weighted by Gasteiger charge is -2.22. The van der Waals surface area contributed by atoms with Crippen molar-refractivity contribution in [1.82, 2.24) is 5.32 Å². The number of hydrogen-bond acceptors (Lipinski definition) is 10. The van der Waals surface area contributed by atoms with Crippen LogP contribution in [0.1, 0.15) is 102 Å². The van der Waals surface area contributed by atoms with E-state index in [1.807, 2.05) is 0 Å². The summed E-state index contributed by atoms with van der Waals surface area (Å²) in [6.07, 6.45) is -0.117. The first-order valence-electron chi connectivity index (χ1n) is 12.2. The monoisotopic (exact) mass is 532 g/mol. The summed E-state index contributed by atoms with van der Waals surface area (Å²) in [4.78, 5) is 57.1. The van der Waals surface area contributed by atoms with E-state index in [4.69, 9.17) is 24.7 Å². The lowest BCUT2D eigenvalue weighted by molar-refractivity contribution is -0.162. The van der Waals surface area contributed by atoms with Crippen molar-refractivity contribution in [2.75, 3.05) is 6.54 Å². The van der Waals surface area contributed by atoms with Gasteiger partial charge in [0.05, 0.1) is 31.8 Å².